The maximum Gasteiger partial charge on any atom is 0.311 e. The highest BCUT2D eigenvalue weighted by molar-refractivity contribution is 6.16. The Morgan fingerprint density at radius 1 is 1.56 bits per heavy atom. The summed E-state index contributed by atoms with van der Waals surface area (Å²) in [7, 11) is 1.38. The monoisotopic (exact) mass is 268 g/mol. The minimum atomic E-state index is -0.513. The summed E-state index contributed by atoms with van der Waals surface area (Å²) in [6.45, 7) is 0. The van der Waals surface area contributed by atoms with Gasteiger partial charge in [-0.3, -0.25) is 10.1 Å². The van der Waals surface area contributed by atoms with E-state index in [-0.39, 0.29) is 17.3 Å². The first-order chi connectivity index (χ1) is 8.65. The number of hydrogen-bond acceptors (Lipinski definition) is 5. The van der Waals surface area contributed by atoms with Gasteiger partial charge in [0.05, 0.1) is 24.1 Å². The van der Waals surface area contributed by atoms with Gasteiger partial charge in [0.1, 0.15) is 0 Å². The van der Waals surface area contributed by atoms with E-state index in [1.165, 1.54) is 25.4 Å². The fourth-order valence-electron chi connectivity index (χ4n) is 1.49. The van der Waals surface area contributed by atoms with Crippen LogP contribution < -0.4 is 4.74 Å². The number of hydrogen-bond donors (Lipinski definition) is 0. The van der Waals surface area contributed by atoms with E-state index in [0.29, 0.717) is 17.2 Å². The molecule has 0 aliphatic rings. The summed E-state index contributed by atoms with van der Waals surface area (Å²) >= 11 is 5.57. The van der Waals surface area contributed by atoms with Crippen LogP contribution >= 0.6 is 11.6 Å². The molecule has 18 heavy (non-hydrogen) atoms. The third kappa shape index (κ3) is 2.28. The largest absolute Gasteiger partial charge is 0.490 e. The number of ether oxygens (including phenoxy) is 1. The lowest BCUT2D eigenvalue weighted by molar-refractivity contribution is -0.385. The van der Waals surface area contributed by atoms with Crippen molar-refractivity contribution in [1.29, 1.82) is 0 Å². The molecule has 1 aromatic carbocycles. The second-order valence-corrected chi connectivity index (χ2v) is 3.66. The Balaban J connectivity index is 2.46. The molecule has 6 nitrogen and oxygen atoms in total. The van der Waals surface area contributed by atoms with Crippen molar-refractivity contribution in [3.63, 3.8) is 0 Å². The van der Waals surface area contributed by atoms with Crippen LogP contribution in [0, 0.1) is 10.1 Å². The number of halogens is 1. The molecule has 0 fully saturated rings. The Morgan fingerprint density at radius 2 is 2.33 bits per heavy atom. The zero-order valence-electron chi connectivity index (χ0n) is 9.42. The van der Waals surface area contributed by atoms with Gasteiger partial charge in [-0.15, -0.1) is 11.6 Å². The molecule has 0 aliphatic carbocycles. The van der Waals surface area contributed by atoms with Gasteiger partial charge in [-0.2, -0.15) is 0 Å². The lowest BCUT2D eigenvalue weighted by Gasteiger charge is -2.02. The molecule has 0 bridgehead atoms. The molecule has 0 atom stereocenters. The fourth-order valence-corrected chi connectivity index (χ4v) is 1.61. The number of nitro benzene ring substituents is 1. The van der Waals surface area contributed by atoms with Crippen LogP contribution in [0.15, 0.2) is 28.8 Å². The molecule has 7 heteroatoms. The molecule has 0 N–H and O–H groups in total. The molecule has 1 aromatic heterocycles. The normalized spacial score (nSPS) is 10.3. The maximum atomic E-state index is 10.9. The Morgan fingerprint density at radius 3 is 2.89 bits per heavy atom. The molecule has 94 valence electrons. The number of alkyl halides is 1. The average Bonchev–Trinajstić information content (AvgIpc) is 2.86. The van der Waals surface area contributed by atoms with Crippen molar-refractivity contribution in [2.24, 2.45) is 0 Å². The number of nitrogens with zero attached hydrogens (tertiary/aromatic N) is 2. The Bertz CT molecular complexity index is 582. The standard InChI is InChI=1S/C11H9ClN2O4/c1-17-9-3-2-7(4-8(9)14(15)16)10-6-13-11(5-12)18-10/h2-4,6H,5H2,1H3. The van der Waals surface area contributed by atoms with Crippen LogP contribution in [0.3, 0.4) is 0 Å². The van der Waals surface area contributed by atoms with Gasteiger partial charge in [0.15, 0.2) is 11.5 Å². The molecule has 0 spiro atoms. The highest BCUT2D eigenvalue weighted by atomic mass is 35.5. The van der Waals surface area contributed by atoms with Crippen molar-refractivity contribution >= 4 is 17.3 Å². The van der Waals surface area contributed by atoms with Crippen molar-refractivity contribution in [3.8, 4) is 17.1 Å². The van der Waals surface area contributed by atoms with E-state index < -0.39 is 4.92 Å². The van der Waals surface area contributed by atoms with Gasteiger partial charge < -0.3 is 9.15 Å². The molecular weight excluding hydrogens is 260 g/mol. The van der Waals surface area contributed by atoms with Crippen LogP contribution in [0.1, 0.15) is 5.89 Å². The molecule has 2 rings (SSSR count). The predicted molar refractivity (Wildman–Crippen MR) is 64.7 cm³/mol. The molecule has 0 saturated carbocycles. The molecule has 2 aromatic rings. The van der Waals surface area contributed by atoms with Gasteiger partial charge in [-0.1, -0.05) is 0 Å². The van der Waals surface area contributed by atoms with Crippen LogP contribution in [-0.4, -0.2) is 17.0 Å². The van der Waals surface area contributed by atoms with Crippen LogP contribution in [-0.2, 0) is 5.88 Å². The summed E-state index contributed by atoms with van der Waals surface area (Å²) < 4.78 is 10.2. The van der Waals surface area contributed by atoms with Gasteiger partial charge in [0, 0.05) is 11.6 Å². The van der Waals surface area contributed by atoms with E-state index >= 15 is 0 Å². The fraction of sp³-hybridized carbons (Fsp3) is 0.182. The van der Waals surface area contributed by atoms with E-state index in [0.717, 1.165) is 0 Å². The lowest BCUT2D eigenvalue weighted by atomic mass is 10.1. The third-order valence-electron chi connectivity index (χ3n) is 2.33. The Kier molecular flexibility index (Phi) is 3.47. The predicted octanol–water partition coefficient (Wildman–Crippen LogP) is 3.00. The van der Waals surface area contributed by atoms with Gasteiger partial charge in [0.2, 0.25) is 5.89 Å². The third-order valence-corrected chi connectivity index (χ3v) is 2.56. The van der Waals surface area contributed by atoms with Crippen LogP contribution in [0.2, 0.25) is 0 Å². The summed E-state index contributed by atoms with van der Waals surface area (Å²) in [6, 6.07) is 4.54. The number of oxazole rings is 1. The van der Waals surface area contributed by atoms with Crippen molar-refractivity contribution in [1.82, 2.24) is 4.98 Å². The topological polar surface area (TPSA) is 78.4 Å². The number of methoxy groups -OCH3 is 1. The minimum absolute atomic E-state index is 0.126. The van der Waals surface area contributed by atoms with Gasteiger partial charge in [0.25, 0.3) is 0 Å². The zero-order valence-corrected chi connectivity index (χ0v) is 10.2. The second kappa shape index (κ2) is 5.05. The van der Waals surface area contributed by atoms with Crippen molar-refractivity contribution in [2.75, 3.05) is 7.11 Å². The van der Waals surface area contributed by atoms with E-state index in [2.05, 4.69) is 4.98 Å². The quantitative estimate of drug-likeness (QED) is 0.484. The first-order valence-electron chi connectivity index (χ1n) is 4.99. The zero-order chi connectivity index (χ0) is 13.1. The Hall–Kier alpha value is -2.08. The van der Waals surface area contributed by atoms with Crippen LogP contribution in [0.5, 0.6) is 5.75 Å². The van der Waals surface area contributed by atoms with E-state index in [1.54, 1.807) is 6.07 Å². The van der Waals surface area contributed by atoms with Crippen molar-refractivity contribution in [2.45, 2.75) is 5.88 Å². The maximum absolute atomic E-state index is 10.9. The van der Waals surface area contributed by atoms with E-state index in [1.807, 2.05) is 0 Å². The number of rotatable bonds is 4. The summed E-state index contributed by atoms with van der Waals surface area (Å²) in [5, 5.41) is 10.9. The number of benzene rings is 1. The molecular formula is C11H9ClN2O4. The molecule has 0 amide bonds. The second-order valence-electron chi connectivity index (χ2n) is 3.40. The van der Waals surface area contributed by atoms with Gasteiger partial charge in [-0.05, 0) is 12.1 Å². The summed E-state index contributed by atoms with van der Waals surface area (Å²) in [4.78, 5) is 14.3. The molecule has 0 radical (unpaired) electrons. The molecule has 0 saturated heterocycles. The SMILES string of the molecule is COc1ccc(-c2cnc(CCl)o2)cc1[N+](=O)[O-]. The smallest absolute Gasteiger partial charge is 0.311 e. The molecule has 0 unspecified atom stereocenters. The van der Waals surface area contributed by atoms with Crippen molar-refractivity contribution in [3.05, 3.63) is 40.4 Å². The van der Waals surface area contributed by atoms with Crippen LogP contribution in [0.4, 0.5) is 5.69 Å². The summed E-state index contributed by atoms with van der Waals surface area (Å²) in [5.41, 5.74) is 0.421. The average molecular weight is 269 g/mol. The summed E-state index contributed by atoms with van der Waals surface area (Å²) in [5.74, 6) is 1.14. The first kappa shape index (κ1) is 12.4. The number of nitro groups is 1. The summed E-state index contributed by atoms with van der Waals surface area (Å²) in [6.07, 6.45) is 1.48. The van der Waals surface area contributed by atoms with E-state index in [4.69, 9.17) is 20.8 Å². The molecule has 1 heterocycles. The lowest BCUT2D eigenvalue weighted by Crippen LogP contribution is -1.93. The first-order valence-corrected chi connectivity index (χ1v) is 5.52. The van der Waals surface area contributed by atoms with E-state index in [9.17, 15) is 10.1 Å². The van der Waals surface area contributed by atoms with Gasteiger partial charge >= 0.3 is 5.69 Å². The highest BCUT2D eigenvalue weighted by Crippen LogP contribution is 2.32. The highest BCUT2D eigenvalue weighted by Gasteiger charge is 2.17. The van der Waals surface area contributed by atoms with Gasteiger partial charge in [-0.25, -0.2) is 4.98 Å². The minimum Gasteiger partial charge on any atom is -0.490 e. The number of aromatic nitrogens is 1. The van der Waals surface area contributed by atoms with Crippen LogP contribution in [0.25, 0.3) is 11.3 Å². The molecule has 0 aliphatic heterocycles. The van der Waals surface area contributed by atoms with Crippen molar-refractivity contribution < 1.29 is 14.1 Å². The Labute approximate surface area is 107 Å².